The maximum absolute atomic E-state index is 13.6. The molecular formula is C12H13F2N3O2. The highest BCUT2D eigenvalue weighted by Gasteiger charge is 2.16. The van der Waals surface area contributed by atoms with Crippen molar-refractivity contribution in [1.29, 1.82) is 0 Å². The summed E-state index contributed by atoms with van der Waals surface area (Å²) in [5.74, 6) is -1.26. The van der Waals surface area contributed by atoms with E-state index in [-0.39, 0.29) is 17.1 Å². The van der Waals surface area contributed by atoms with Crippen LogP contribution in [0, 0.1) is 11.6 Å². The molecule has 0 fully saturated rings. The molecule has 19 heavy (non-hydrogen) atoms. The largest absolute Gasteiger partial charge is 0.396 e. The van der Waals surface area contributed by atoms with Gasteiger partial charge in [-0.3, -0.25) is 0 Å². The lowest BCUT2D eigenvalue weighted by molar-refractivity contribution is 0.149. The molecule has 5 nitrogen and oxygen atoms in total. The molecule has 0 bridgehead atoms. The lowest BCUT2D eigenvalue weighted by Crippen LogP contribution is -1.99. The Morgan fingerprint density at radius 2 is 2.11 bits per heavy atom. The molecule has 0 aliphatic heterocycles. The van der Waals surface area contributed by atoms with Gasteiger partial charge in [0.25, 0.3) is 5.89 Å². The standard InChI is InChI=1S/C12H13F2N3O2/c1-2-18-4-3-11-16-12(19-17-11)7-5-10(15)9(14)6-8(7)13/h5-6H,2-4,15H2,1H3. The Morgan fingerprint density at radius 3 is 2.84 bits per heavy atom. The maximum atomic E-state index is 13.6. The molecule has 102 valence electrons. The molecule has 0 radical (unpaired) electrons. The second kappa shape index (κ2) is 5.75. The minimum absolute atomic E-state index is 0.0194. The lowest BCUT2D eigenvalue weighted by Gasteiger charge is -2.00. The average Bonchev–Trinajstić information content (AvgIpc) is 2.83. The molecule has 0 saturated heterocycles. The summed E-state index contributed by atoms with van der Waals surface area (Å²) in [7, 11) is 0. The molecule has 2 N–H and O–H groups in total. The van der Waals surface area contributed by atoms with Crippen molar-refractivity contribution in [2.75, 3.05) is 18.9 Å². The second-order valence-electron chi connectivity index (χ2n) is 3.82. The van der Waals surface area contributed by atoms with Crippen LogP contribution in [0.5, 0.6) is 0 Å². The van der Waals surface area contributed by atoms with Crippen LogP contribution in [0.1, 0.15) is 12.7 Å². The van der Waals surface area contributed by atoms with Crippen molar-refractivity contribution in [3.63, 3.8) is 0 Å². The fraction of sp³-hybridized carbons (Fsp3) is 0.333. The Bertz CT molecular complexity index is 572. The van der Waals surface area contributed by atoms with Crippen LogP contribution in [0.15, 0.2) is 16.7 Å². The summed E-state index contributed by atoms with van der Waals surface area (Å²) in [5.41, 5.74) is 5.19. The van der Waals surface area contributed by atoms with Crippen LogP contribution in [-0.4, -0.2) is 23.4 Å². The molecule has 0 aliphatic rings. The van der Waals surface area contributed by atoms with Gasteiger partial charge in [-0.2, -0.15) is 4.98 Å². The third-order valence-electron chi connectivity index (χ3n) is 2.46. The summed E-state index contributed by atoms with van der Waals surface area (Å²) in [6, 6.07) is 1.82. The SMILES string of the molecule is CCOCCc1noc(-c2cc(N)c(F)cc2F)n1. The summed E-state index contributed by atoms with van der Waals surface area (Å²) >= 11 is 0. The number of anilines is 1. The van der Waals surface area contributed by atoms with Gasteiger partial charge < -0.3 is 15.0 Å². The molecule has 0 saturated carbocycles. The van der Waals surface area contributed by atoms with Crippen molar-refractivity contribution in [3.8, 4) is 11.5 Å². The Balaban J connectivity index is 2.20. The van der Waals surface area contributed by atoms with Crippen LogP contribution in [0.2, 0.25) is 0 Å². The normalized spacial score (nSPS) is 10.9. The smallest absolute Gasteiger partial charge is 0.260 e. The Labute approximate surface area is 108 Å². The number of aromatic nitrogens is 2. The van der Waals surface area contributed by atoms with Crippen molar-refractivity contribution in [3.05, 3.63) is 29.6 Å². The number of hydrogen-bond acceptors (Lipinski definition) is 5. The molecule has 7 heteroatoms. The van der Waals surface area contributed by atoms with Crippen LogP contribution in [0.25, 0.3) is 11.5 Å². The number of nitrogen functional groups attached to an aromatic ring is 1. The van der Waals surface area contributed by atoms with Crippen LogP contribution in [0.3, 0.4) is 0 Å². The molecule has 1 heterocycles. The van der Waals surface area contributed by atoms with Crippen molar-refractivity contribution in [2.24, 2.45) is 0 Å². The third-order valence-corrected chi connectivity index (χ3v) is 2.46. The van der Waals surface area contributed by atoms with Gasteiger partial charge >= 0.3 is 0 Å². The molecule has 0 unspecified atom stereocenters. The predicted molar refractivity (Wildman–Crippen MR) is 64.3 cm³/mol. The van der Waals surface area contributed by atoms with Crippen LogP contribution in [0.4, 0.5) is 14.5 Å². The van der Waals surface area contributed by atoms with Gasteiger partial charge in [0.1, 0.15) is 11.6 Å². The van der Waals surface area contributed by atoms with Crippen LogP contribution >= 0.6 is 0 Å². The van der Waals surface area contributed by atoms with E-state index in [1.807, 2.05) is 6.92 Å². The minimum Gasteiger partial charge on any atom is -0.396 e. The van der Waals surface area contributed by atoms with Crippen molar-refractivity contribution >= 4 is 5.69 Å². The van der Waals surface area contributed by atoms with Gasteiger partial charge in [0, 0.05) is 19.1 Å². The molecular weight excluding hydrogens is 256 g/mol. The molecule has 2 aromatic rings. The first kappa shape index (κ1) is 13.4. The fourth-order valence-corrected chi connectivity index (χ4v) is 1.50. The quantitative estimate of drug-likeness (QED) is 0.665. The zero-order valence-electron chi connectivity index (χ0n) is 10.3. The average molecular weight is 269 g/mol. The van der Waals surface area contributed by atoms with E-state index in [1.165, 1.54) is 0 Å². The van der Waals surface area contributed by atoms with Crippen LogP contribution in [-0.2, 0) is 11.2 Å². The second-order valence-corrected chi connectivity index (χ2v) is 3.82. The molecule has 2 rings (SSSR count). The van der Waals surface area contributed by atoms with E-state index >= 15 is 0 Å². The molecule has 1 aromatic heterocycles. The predicted octanol–water partition coefficient (Wildman–Crippen LogP) is 2.18. The summed E-state index contributed by atoms with van der Waals surface area (Å²) in [4.78, 5) is 4.01. The molecule has 0 aliphatic carbocycles. The zero-order valence-corrected chi connectivity index (χ0v) is 10.3. The summed E-state index contributed by atoms with van der Waals surface area (Å²) < 4.78 is 36.7. The monoisotopic (exact) mass is 269 g/mol. The van der Waals surface area contributed by atoms with Crippen molar-refractivity contribution in [2.45, 2.75) is 13.3 Å². The van der Waals surface area contributed by atoms with Crippen molar-refractivity contribution in [1.82, 2.24) is 10.1 Å². The summed E-state index contributed by atoms with van der Waals surface area (Å²) in [6.07, 6.45) is 0.454. The first-order chi connectivity index (χ1) is 9.11. The van der Waals surface area contributed by atoms with E-state index in [1.54, 1.807) is 0 Å². The Morgan fingerprint density at radius 1 is 1.32 bits per heavy atom. The number of nitrogens with zero attached hydrogens (tertiary/aromatic N) is 2. The number of hydrogen-bond donors (Lipinski definition) is 1. The van der Waals surface area contributed by atoms with E-state index in [9.17, 15) is 8.78 Å². The zero-order chi connectivity index (χ0) is 13.8. The van der Waals surface area contributed by atoms with E-state index < -0.39 is 11.6 Å². The first-order valence-corrected chi connectivity index (χ1v) is 5.77. The minimum atomic E-state index is -0.822. The number of ether oxygens (including phenoxy) is 1. The van der Waals surface area contributed by atoms with Gasteiger partial charge in [0.05, 0.1) is 17.9 Å². The Kier molecular flexibility index (Phi) is 4.06. The topological polar surface area (TPSA) is 74.2 Å². The molecule has 0 spiro atoms. The highest BCUT2D eigenvalue weighted by Crippen LogP contribution is 2.25. The van der Waals surface area contributed by atoms with Gasteiger partial charge in [-0.1, -0.05) is 5.16 Å². The van der Waals surface area contributed by atoms with E-state index in [2.05, 4.69) is 10.1 Å². The van der Waals surface area contributed by atoms with Gasteiger partial charge in [-0.15, -0.1) is 0 Å². The molecule has 1 aromatic carbocycles. The molecule has 0 atom stereocenters. The lowest BCUT2D eigenvalue weighted by atomic mass is 10.2. The first-order valence-electron chi connectivity index (χ1n) is 5.77. The van der Waals surface area contributed by atoms with Gasteiger partial charge in [-0.25, -0.2) is 8.78 Å². The number of benzene rings is 1. The highest BCUT2D eigenvalue weighted by molar-refractivity contribution is 5.61. The third kappa shape index (κ3) is 3.05. The van der Waals surface area contributed by atoms with Gasteiger partial charge in [0.15, 0.2) is 5.82 Å². The van der Waals surface area contributed by atoms with E-state index in [0.717, 1.165) is 6.07 Å². The van der Waals surface area contributed by atoms with Gasteiger partial charge in [0.2, 0.25) is 0 Å². The van der Waals surface area contributed by atoms with E-state index in [4.69, 9.17) is 15.0 Å². The molecule has 0 amide bonds. The summed E-state index contributed by atoms with van der Waals surface area (Å²) in [6.45, 7) is 2.91. The highest BCUT2D eigenvalue weighted by atomic mass is 19.1. The number of rotatable bonds is 5. The number of nitrogens with two attached hydrogens (primary N) is 1. The maximum Gasteiger partial charge on any atom is 0.260 e. The van der Waals surface area contributed by atoms with Crippen LogP contribution < -0.4 is 5.73 Å². The van der Waals surface area contributed by atoms with E-state index in [0.29, 0.717) is 31.5 Å². The Hall–Kier alpha value is -2.02. The van der Waals surface area contributed by atoms with Gasteiger partial charge in [-0.05, 0) is 13.0 Å². The summed E-state index contributed by atoms with van der Waals surface area (Å²) in [5, 5.41) is 3.69. The fourth-order valence-electron chi connectivity index (χ4n) is 1.50. The van der Waals surface area contributed by atoms with Crippen molar-refractivity contribution < 1.29 is 18.0 Å². The number of halogens is 2.